The molecule has 4 amide bonds. The van der Waals surface area contributed by atoms with Crippen molar-refractivity contribution in [2.45, 2.75) is 18.6 Å². The summed E-state index contributed by atoms with van der Waals surface area (Å²) in [4.78, 5) is 39.9. The van der Waals surface area contributed by atoms with Gasteiger partial charge in [0, 0.05) is 6.42 Å². The third-order valence-corrected chi connectivity index (χ3v) is 5.43. The summed E-state index contributed by atoms with van der Waals surface area (Å²) in [6, 6.07) is 22.9. The van der Waals surface area contributed by atoms with E-state index in [1.54, 1.807) is 30.3 Å². The number of imide groups is 1. The summed E-state index contributed by atoms with van der Waals surface area (Å²) in [6.07, 6.45) is 0.186. The largest absolute Gasteiger partial charge is 0.433 e. The van der Waals surface area contributed by atoms with E-state index in [0.29, 0.717) is 5.56 Å². The van der Waals surface area contributed by atoms with Gasteiger partial charge < -0.3 is 15.4 Å². The lowest BCUT2D eigenvalue weighted by Crippen LogP contribution is -2.46. The van der Waals surface area contributed by atoms with Gasteiger partial charge in [0.25, 0.3) is 5.91 Å². The molecule has 0 radical (unpaired) electrons. The van der Waals surface area contributed by atoms with Gasteiger partial charge in [-0.1, -0.05) is 72.8 Å². The number of nitrogens with one attached hydrogen (secondary N) is 2. The lowest BCUT2D eigenvalue weighted by Gasteiger charge is -2.27. The first-order chi connectivity index (χ1) is 16.4. The molecule has 2 N–H and O–H groups in total. The smallest absolute Gasteiger partial charge is 0.387 e. The molecule has 9 heteroatoms. The molecule has 34 heavy (non-hydrogen) atoms. The topological polar surface area (TPSA) is 87.7 Å². The van der Waals surface area contributed by atoms with Crippen LogP contribution in [0.25, 0.3) is 0 Å². The molecule has 0 aromatic heterocycles. The Morgan fingerprint density at radius 1 is 0.941 bits per heavy atom. The van der Waals surface area contributed by atoms with Crippen molar-refractivity contribution in [2.75, 3.05) is 11.9 Å². The van der Waals surface area contributed by atoms with Crippen LogP contribution in [-0.2, 0) is 21.5 Å². The summed E-state index contributed by atoms with van der Waals surface area (Å²) < 4.78 is 29.7. The summed E-state index contributed by atoms with van der Waals surface area (Å²) in [5.41, 5.74) is 0.00932. The summed E-state index contributed by atoms with van der Waals surface area (Å²) in [5.74, 6) is -1.55. The fraction of sp³-hybridized carbons (Fsp3) is 0.160. The number of rotatable bonds is 8. The van der Waals surface area contributed by atoms with E-state index < -0.39 is 36.5 Å². The highest BCUT2D eigenvalue weighted by atomic mass is 19.3. The number of anilines is 1. The summed E-state index contributed by atoms with van der Waals surface area (Å²) in [6.45, 7) is -3.68. The third-order valence-electron chi connectivity index (χ3n) is 5.43. The van der Waals surface area contributed by atoms with Gasteiger partial charge in [0.15, 0.2) is 5.54 Å². The van der Waals surface area contributed by atoms with Crippen molar-refractivity contribution in [1.29, 1.82) is 0 Å². The van der Waals surface area contributed by atoms with Crippen LogP contribution in [0.15, 0.2) is 84.9 Å². The van der Waals surface area contributed by atoms with Gasteiger partial charge in [0.1, 0.15) is 12.3 Å². The van der Waals surface area contributed by atoms with E-state index in [2.05, 4.69) is 15.4 Å². The Kier molecular flexibility index (Phi) is 6.53. The average molecular weight is 465 g/mol. The molecule has 0 bridgehead atoms. The van der Waals surface area contributed by atoms with Gasteiger partial charge in [-0.25, -0.2) is 4.79 Å². The van der Waals surface area contributed by atoms with E-state index in [4.69, 9.17) is 0 Å². The second kappa shape index (κ2) is 9.70. The van der Waals surface area contributed by atoms with Gasteiger partial charge in [-0.15, -0.1) is 0 Å². The minimum Gasteiger partial charge on any atom is -0.433 e. The molecule has 0 saturated carbocycles. The fourth-order valence-corrected chi connectivity index (χ4v) is 3.91. The van der Waals surface area contributed by atoms with Crippen LogP contribution in [-0.4, -0.2) is 35.9 Å². The van der Waals surface area contributed by atoms with Crippen molar-refractivity contribution >= 4 is 23.5 Å². The zero-order valence-electron chi connectivity index (χ0n) is 17.9. The second-order valence-corrected chi connectivity index (χ2v) is 7.68. The van der Waals surface area contributed by atoms with E-state index in [1.807, 2.05) is 30.3 Å². The van der Waals surface area contributed by atoms with Crippen LogP contribution in [0.4, 0.5) is 19.3 Å². The SMILES string of the molecule is O=C(CN1C(=O)NC(Cc2ccccc2)(c2ccccc2)C1=O)Nc1ccccc1OC(F)F. The molecule has 4 rings (SSSR count). The Hall–Kier alpha value is -4.27. The molecule has 7 nitrogen and oxygen atoms in total. The highest BCUT2D eigenvalue weighted by Gasteiger charge is 2.52. The molecule has 1 aliphatic heterocycles. The van der Waals surface area contributed by atoms with Crippen molar-refractivity contribution in [3.8, 4) is 5.75 Å². The van der Waals surface area contributed by atoms with Crippen LogP contribution in [0.3, 0.4) is 0 Å². The number of hydrogen-bond donors (Lipinski definition) is 2. The van der Waals surface area contributed by atoms with E-state index in [0.717, 1.165) is 10.5 Å². The maximum atomic E-state index is 13.6. The lowest BCUT2D eigenvalue weighted by molar-refractivity contribution is -0.134. The number of benzene rings is 3. The van der Waals surface area contributed by atoms with Crippen LogP contribution < -0.4 is 15.4 Å². The average Bonchev–Trinajstić information content (AvgIpc) is 3.06. The number of alkyl halides is 2. The van der Waals surface area contributed by atoms with Crippen molar-refractivity contribution in [1.82, 2.24) is 10.2 Å². The maximum Gasteiger partial charge on any atom is 0.387 e. The molecule has 0 spiro atoms. The normalized spacial score (nSPS) is 17.6. The molecule has 1 heterocycles. The van der Waals surface area contributed by atoms with Crippen LogP contribution in [0.2, 0.25) is 0 Å². The number of ether oxygens (including phenoxy) is 1. The van der Waals surface area contributed by atoms with Crippen molar-refractivity contribution in [3.05, 3.63) is 96.1 Å². The van der Waals surface area contributed by atoms with Crippen LogP contribution in [0, 0.1) is 0 Å². The Morgan fingerprint density at radius 3 is 2.24 bits per heavy atom. The number of carbonyl (C=O) groups is 3. The van der Waals surface area contributed by atoms with E-state index in [9.17, 15) is 23.2 Å². The maximum absolute atomic E-state index is 13.6. The molecule has 174 valence electrons. The lowest BCUT2D eigenvalue weighted by atomic mass is 9.83. The highest BCUT2D eigenvalue weighted by Crippen LogP contribution is 2.33. The van der Waals surface area contributed by atoms with E-state index in [-0.39, 0.29) is 17.9 Å². The monoisotopic (exact) mass is 465 g/mol. The Labute approximate surface area is 194 Å². The molecule has 1 fully saturated rings. The Balaban J connectivity index is 1.58. The van der Waals surface area contributed by atoms with Gasteiger partial charge in [0.05, 0.1) is 5.69 Å². The standard InChI is InChI=1S/C25H21F2N3O4/c26-23(27)34-20-14-8-7-13-19(20)28-21(31)16-30-22(32)25(29-24(30)33,18-11-5-2-6-12-18)15-17-9-3-1-4-10-17/h1-14,23H,15-16H2,(H,28,31)(H,29,33). The molecule has 3 aromatic carbocycles. The van der Waals surface area contributed by atoms with Gasteiger partial charge in [-0.3, -0.25) is 14.5 Å². The molecule has 1 aliphatic rings. The number of hydrogen-bond acceptors (Lipinski definition) is 4. The second-order valence-electron chi connectivity index (χ2n) is 7.68. The van der Waals surface area contributed by atoms with Crippen molar-refractivity contribution in [3.63, 3.8) is 0 Å². The number of para-hydroxylation sites is 2. The molecular formula is C25H21F2N3O4. The number of nitrogens with zero attached hydrogens (tertiary/aromatic N) is 1. The molecule has 1 unspecified atom stereocenters. The number of halogens is 2. The van der Waals surface area contributed by atoms with Gasteiger partial charge >= 0.3 is 12.6 Å². The molecule has 0 aliphatic carbocycles. The first-order valence-electron chi connectivity index (χ1n) is 10.5. The van der Waals surface area contributed by atoms with Crippen LogP contribution in [0.5, 0.6) is 5.75 Å². The zero-order chi connectivity index (χ0) is 24.1. The van der Waals surface area contributed by atoms with Crippen molar-refractivity contribution in [2.24, 2.45) is 0 Å². The Morgan fingerprint density at radius 2 is 1.56 bits per heavy atom. The summed E-state index contributed by atoms with van der Waals surface area (Å²) in [7, 11) is 0. The number of carbonyl (C=O) groups excluding carboxylic acids is 3. The van der Waals surface area contributed by atoms with Gasteiger partial charge in [0.2, 0.25) is 5.91 Å². The predicted octanol–water partition coefficient (Wildman–Crippen LogP) is 3.92. The minimum atomic E-state index is -3.08. The zero-order valence-corrected chi connectivity index (χ0v) is 17.9. The first-order valence-corrected chi connectivity index (χ1v) is 10.5. The number of urea groups is 1. The van der Waals surface area contributed by atoms with E-state index >= 15 is 0 Å². The molecule has 3 aromatic rings. The molecule has 1 saturated heterocycles. The number of amides is 4. The van der Waals surface area contributed by atoms with Gasteiger partial charge in [-0.2, -0.15) is 8.78 Å². The third kappa shape index (κ3) is 4.73. The first kappa shape index (κ1) is 22.9. The van der Waals surface area contributed by atoms with Crippen molar-refractivity contribution < 1.29 is 27.9 Å². The minimum absolute atomic E-state index is 0.00142. The predicted molar refractivity (Wildman–Crippen MR) is 120 cm³/mol. The van der Waals surface area contributed by atoms with E-state index in [1.165, 1.54) is 24.3 Å². The van der Waals surface area contributed by atoms with Crippen LogP contribution >= 0.6 is 0 Å². The molecule has 1 atom stereocenters. The quantitative estimate of drug-likeness (QED) is 0.494. The summed E-state index contributed by atoms with van der Waals surface area (Å²) in [5, 5.41) is 5.20. The van der Waals surface area contributed by atoms with Gasteiger partial charge in [-0.05, 0) is 23.3 Å². The summed E-state index contributed by atoms with van der Waals surface area (Å²) >= 11 is 0. The Bertz CT molecular complexity index is 1190. The molecular weight excluding hydrogens is 444 g/mol. The fourth-order valence-electron chi connectivity index (χ4n) is 3.91. The van der Waals surface area contributed by atoms with Crippen LogP contribution in [0.1, 0.15) is 11.1 Å². The highest BCUT2D eigenvalue weighted by molar-refractivity contribution is 6.10.